The summed E-state index contributed by atoms with van der Waals surface area (Å²) in [6.07, 6.45) is 3.39. The molecule has 4 nitrogen and oxygen atoms in total. The Bertz CT molecular complexity index is 399. The summed E-state index contributed by atoms with van der Waals surface area (Å²) in [6, 6.07) is 0.132. The highest BCUT2D eigenvalue weighted by atomic mass is 16.2. The van der Waals surface area contributed by atoms with E-state index in [1.54, 1.807) is 17.0 Å². The minimum Gasteiger partial charge on any atom is -0.297 e. The molecule has 1 aromatic heterocycles. The van der Waals surface area contributed by atoms with Crippen LogP contribution in [0.25, 0.3) is 0 Å². The van der Waals surface area contributed by atoms with Gasteiger partial charge in [0, 0.05) is 24.4 Å². The Kier molecular flexibility index (Phi) is 3.50. The molecule has 1 heterocycles. The number of Topliss-reactive ketones (excluding diaryl/α,β-unsaturated/α-hetero) is 1. The van der Waals surface area contributed by atoms with Gasteiger partial charge < -0.3 is 0 Å². The van der Waals surface area contributed by atoms with Crippen LogP contribution in [0.1, 0.15) is 33.7 Å². The van der Waals surface area contributed by atoms with Crippen molar-refractivity contribution >= 4 is 5.78 Å². The zero-order valence-corrected chi connectivity index (χ0v) is 9.73. The zero-order chi connectivity index (χ0) is 11.6. The van der Waals surface area contributed by atoms with Gasteiger partial charge in [-0.05, 0) is 13.8 Å². The molecule has 0 saturated heterocycles. The highest BCUT2D eigenvalue weighted by Gasteiger charge is 2.11. The minimum absolute atomic E-state index is 0.0284. The highest BCUT2D eigenvalue weighted by molar-refractivity contribution is 5.80. The van der Waals surface area contributed by atoms with Gasteiger partial charge in [0.15, 0.2) is 5.78 Å². The monoisotopic (exact) mass is 210 g/mol. The third kappa shape index (κ3) is 2.58. The number of carbonyl (C=O) groups is 1. The van der Waals surface area contributed by atoms with Gasteiger partial charge in [0.2, 0.25) is 0 Å². The van der Waals surface area contributed by atoms with Crippen molar-refractivity contribution in [3.63, 3.8) is 0 Å². The molecule has 0 bridgehead atoms. The van der Waals surface area contributed by atoms with Crippen LogP contribution in [0.2, 0.25) is 0 Å². The summed E-state index contributed by atoms with van der Waals surface area (Å²) in [5.74, 6) is 0.0536. The topological polar surface area (TPSA) is 44.0 Å². The first-order chi connectivity index (χ1) is 6.93. The summed E-state index contributed by atoms with van der Waals surface area (Å²) in [5, 5.41) is 0. The maximum atomic E-state index is 11.7. The van der Waals surface area contributed by atoms with E-state index in [1.807, 2.05) is 27.7 Å². The van der Waals surface area contributed by atoms with Crippen LogP contribution >= 0.6 is 0 Å². The van der Waals surface area contributed by atoms with E-state index in [0.717, 1.165) is 0 Å². The van der Waals surface area contributed by atoms with E-state index >= 15 is 0 Å². The van der Waals surface area contributed by atoms with E-state index in [2.05, 4.69) is 0 Å². The summed E-state index contributed by atoms with van der Waals surface area (Å²) in [5.41, 5.74) is -0.112. The van der Waals surface area contributed by atoms with E-state index < -0.39 is 0 Å². The molecule has 0 spiro atoms. The van der Waals surface area contributed by atoms with Crippen molar-refractivity contribution in [3.05, 3.63) is 22.9 Å². The Morgan fingerprint density at radius 2 is 1.87 bits per heavy atom. The van der Waals surface area contributed by atoms with Crippen molar-refractivity contribution in [3.8, 4) is 0 Å². The third-order valence-corrected chi connectivity index (χ3v) is 2.40. The molecule has 0 aliphatic heterocycles. The first-order valence-corrected chi connectivity index (χ1v) is 5.23. The van der Waals surface area contributed by atoms with Gasteiger partial charge in [0.05, 0.1) is 6.54 Å². The van der Waals surface area contributed by atoms with Crippen molar-refractivity contribution in [2.75, 3.05) is 0 Å². The number of imidazole rings is 1. The van der Waals surface area contributed by atoms with E-state index in [4.69, 9.17) is 0 Å². The molecule has 1 aromatic rings. The highest BCUT2D eigenvalue weighted by Crippen LogP contribution is 2.01. The van der Waals surface area contributed by atoms with Crippen molar-refractivity contribution in [2.45, 2.75) is 40.3 Å². The molecule has 1 rings (SSSR count). The molecule has 0 amide bonds. The van der Waals surface area contributed by atoms with E-state index in [0.29, 0.717) is 0 Å². The van der Waals surface area contributed by atoms with Crippen LogP contribution in [-0.4, -0.2) is 14.9 Å². The normalized spacial score (nSPS) is 11.3. The van der Waals surface area contributed by atoms with Gasteiger partial charge in [-0.15, -0.1) is 0 Å². The Morgan fingerprint density at radius 3 is 2.27 bits per heavy atom. The molecule has 0 unspecified atom stereocenters. The number of nitrogens with zero attached hydrogens (tertiary/aromatic N) is 2. The lowest BCUT2D eigenvalue weighted by molar-refractivity contribution is -0.122. The summed E-state index contributed by atoms with van der Waals surface area (Å²) in [6.45, 7) is 7.74. The lowest BCUT2D eigenvalue weighted by atomic mass is 10.1. The zero-order valence-electron chi connectivity index (χ0n) is 9.73. The van der Waals surface area contributed by atoms with Gasteiger partial charge in [-0.1, -0.05) is 13.8 Å². The molecule has 4 heteroatoms. The Labute approximate surface area is 89.5 Å². The standard InChI is InChI=1S/C11H18N2O2/c1-8(2)10(14)7-12-5-6-13(9(3)4)11(12)15/h5-6,8-9H,7H2,1-4H3. The van der Waals surface area contributed by atoms with Gasteiger partial charge in [-0.25, -0.2) is 4.79 Å². The number of hydrogen-bond acceptors (Lipinski definition) is 2. The van der Waals surface area contributed by atoms with Crippen molar-refractivity contribution in [2.24, 2.45) is 5.92 Å². The molecular formula is C11H18N2O2. The van der Waals surface area contributed by atoms with Crippen LogP contribution in [0.4, 0.5) is 0 Å². The molecule has 0 saturated carbocycles. The maximum Gasteiger partial charge on any atom is 0.328 e. The number of aromatic nitrogens is 2. The van der Waals surface area contributed by atoms with Gasteiger partial charge in [0.1, 0.15) is 0 Å². The summed E-state index contributed by atoms with van der Waals surface area (Å²) >= 11 is 0. The van der Waals surface area contributed by atoms with E-state index in [1.165, 1.54) is 4.57 Å². The van der Waals surface area contributed by atoms with Crippen LogP contribution in [0.5, 0.6) is 0 Å². The first-order valence-electron chi connectivity index (χ1n) is 5.23. The molecule has 0 aromatic carbocycles. The van der Waals surface area contributed by atoms with Gasteiger partial charge in [-0.2, -0.15) is 0 Å². The smallest absolute Gasteiger partial charge is 0.297 e. The Morgan fingerprint density at radius 1 is 1.27 bits per heavy atom. The summed E-state index contributed by atoms with van der Waals surface area (Å²) in [7, 11) is 0. The van der Waals surface area contributed by atoms with Crippen LogP contribution < -0.4 is 5.69 Å². The predicted octanol–water partition coefficient (Wildman–Crippen LogP) is 1.46. The number of ketones is 1. The Hall–Kier alpha value is -1.32. The third-order valence-electron chi connectivity index (χ3n) is 2.40. The molecule has 0 aliphatic carbocycles. The largest absolute Gasteiger partial charge is 0.328 e. The average Bonchev–Trinajstić information content (AvgIpc) is 2.48. The van der Waals surface area contributed by atoms with Crippen LogP contribution in [0.3, 0.4) is 0 Å². The van der Waals surface area contributed by atoms with Crippen molar-refractivity contribution in [1.82, 2.24) is 9.13 Å². The minimum atomic E-state index is -0.112. The molecule has 84 valence electrons. The SMILES string of the molecule is CC(C)C(=O)Cn1ccn(C(C)C)c1=O. The average molecular weight is 210 g/mol. The van der Waals surface area contributed by atoms with Gasteiger partial charge in [0.25, 0.3) is 0 Å². The Balaban J connectivity index is 2.89. The molecule has 0 fully saturated rings. The summed E-state index contributed by atoms with van der Waals surface area (Å²) in [4.78, 5) is 23.2. The maximum absolute atomic E-state index is 11.7. The second kappa shape index (κ2) is 4.47. The molecule has 15 heavy (non-hydrogen) atoms. The molecular weight excluding hydrogens is 192 g/mol. The van der Waals surface area contributed by atoms with Crippen LogP contribution in [-0.2, 0) is 11.3 Å². The fourth-order valence-corrected chi connectivity index (χ4v) is 1.29. The van der Waals surface area contributed by atoms with E-state index in [9.17, 15) is 9.59 Å². The second-order valence-electron chi connectivity index (χ2n) is 4.33. The first kappa shape index (κ1) is 11.8. The fourth-order valence-electron chi connectivity index (χ4n) is 1.29. The lowest BCUT2D eigenvalue weighted by Gasteiger charge is -2.05. The van der Waals surface area contributed by atoms with Crippen molar-refractivity contribution in [1.29, 1.82) is 0 Å². The fraction of sp³-hybridized carbons (Fsp3) is 0.636. The molecule has 0 aliphatic rings. The van der Waals surface area contributed by atoms with Crippen LogP contribution in [0, 0.1) is 5.92 Å². The quantitative estimate of drug-likeness (QED) is 0.755. The second-order valence-corrected chi connectivity index (χ2v) is 4.33. The van der Waals surface area contributed by atoms with Gasteiger partial charge in [-0.3, -0.25) is 13.9 Å². The van der Waals surface area contributed by atoms with Gasteiger partial charge >= 0.3 is 5.69 Å². The predicted molar refractivity (Wildman–Crippen MR) is 58.9 cm³/mol. The van der Waals surface area contributed by atoms with E-state index in [-0.39, 0.29) is 30.0 Å². The lowest BCUT2D eigenvalue weighted by Crippen LogP contribution is -2.28. The summed E-state index contributed by atoms with van der Waals surface area (Å²) < 4.78 is 3.08. The number of rotatable bonds is 4. The number of hydrogen-bond donors (Lipinski definition) is 0. The van der Waals surface area contributed by atoms with Crippen LogP contribution in [0.15, 0.2) is 17.2 Å². The van der Waals surface area contributed by atoms with Crippen molar-refractivity contribution < 1.29 is 4.79 Å². The number of carbonyl (C=O) groups excluding carboxylic acids is 1. The molecule has 0 N–H and O–H groups in total. The molecule has 0 radical (unpaired) electrons. The molecule has 0 atom stereocenters.